The van der Waals surface area contributed by atoms with Gasteiger partial charge in [-0.1, -0.05) is 35.9 Å². The second-order valence-corrected chi connectivity index (χ2v) is 7.05. The van der Waals surface area contributed by atoms with Crippen LogP contribution in [0.1, 0.15) is 24.8 Å². The minimum atomic E-state index is -0.239. The van der Waals surface area contributed by atoms with Crippen molar-refractivity contribution >= 4 is 29.3 Å². The highest BCUT2D eigenvalue weighted by molar-refractivity contribution is 6.30. The number of hydrogen-bond donors (Lipinski definition) is 0. The van der Waals surface area contributed by atoms with Crippen LogP contribution < -0.4 is 0 Å². The van der Waals surface area contributed by atoms with Gasteiger partial charge in [-0.3, -0.25) is 19.3 Å². The number of halogens is 1. The summed E-state index contributed by atoms with van der Waals surface area (Å²) in [6, 6.07) is 7.34. The van der Waals surface area contributed by atoms with E-state index >= 15 is 0 Å². The minimum Gasteiger partial charge on any atom is -0.341 e. The molecule has 0 N–H and O–H groups in total. The SMILES string of the molecule is CN(Cc1cccc(Cl)c1)C(=O)CCN1C(=O)C2CC=CCC2C1=O. The molecule has 1 saturated heterocycles. The quantitative estimate of drug-likeness (QED) is 0.599. The summed E-state index contributed by atoms with van der Waals surface area (Å²) in [6.07, 6.45) is 5.30. The number of allylic oxidation sites excluding steroid dienone is 2. The van der Waals surface area contributed by atoms with Gasteiger partial charge in [0.25, 0.3) is 0 Å². The van der Waals surface area contributed by atoms with E-state index < -0.39 is 0 Å². The number of likely N-dealkylation sites (tertiary alicyclic amines) is 1. The Hall–Kier alpha value is -2.14. The molecule has 2 aliphatic rings. The largest absolute Gasteiger partial charge is 0.341 e. The zero-order valence-corrected chi connectivity index (χ0v) is 14.9. The van der Waals surface area contributed by atoms with Crippen molar-refractivity contribution in [2.75, 3.05) is 13.6 Å². The van der Waals surface area contributed by atoms with Gasteiger partial charge in [0.1, 0.15) is 0 Å². The zero-order chi connectivity index (χ0) is 18.0. The van der Waals surface area contributed by atoms with Crippen LogP contribution in [0.5, 0.6) is 0 Å². The molecule has 1 heterocycles. The summed E-state index contributed by atoms with van der Waals surface area (Å²) in [4.78, 5) is 40.0. The van der Waals surface area contributed by atoms with Crippen molar-refractivity contribution in [1.29, 1.82) is 0 Å². The second-order valence-electron chi connectivity index (χ2n) is 6.61. The molecular formula is C19H21ClN2O3. The van der Waals surface area contributed by atoms with Crippen molar-refractivity contribution in [2.24, 2.45) is 11.8 Å². The number of imide groups is 1. The maximum atomic E-state index is 12.4. The van der Waals surface area contributed by atoms with Crippen LogP contribution in [-0.4, -0.2) is 41.1 Å². The fourth-order valence-corrected chi connectivity index (χ4v) is 3.70. The first-order chi connectivity index (χ1) is 12.0. The number of hydrogen-bond acceptors (Lipinski definition) is 3. The summed E-state index contributed by atoms with van der Waals surface area (Å²) in [7, 11) is 1.71. The van der Waals surface area contributed by atoms with Crippen molar-refractivity contribution in [3.05, 3.63) is 47.0 Å². The summed E-state index contributed by atoms with van der Waals surface area (Å²) in [5, 5.41) is 0.628. The average Bonchev–Trinajstić information content (AvgIpc) is 2.84. The van der Waals surface area contributed by atoms with Crippen LogP contribution in [0.4, 0.5) is 0 Å². The van der Waals surface area contributed by atoms with Gasteiger partial charge in [-0.15, -0.1) is 0 Å². The molecule has 1 fully saturated rings. The third-order valence-corrected chi connectivity index (χ3v) is 5.12. The molecule has 3 amide bonds. The minimum absolute atomic E-state index is 0.103. The summed E-state index contributed by atoms with van der Waals surface area (Å²) >= 11 is 5.96. The smallest absolute Gasteiger partial charge is 0.233 e. The van der Waals surface area contributed by atoms with Gasteiger partial charge in [0.2, 0.25) is 17.7 Å². The molecule has 1 aliphatic carbocycles. The first-order valence-corrected chi connectivity index (χ1v) is 8.84. The fourth-order valence-electron chi connectivity index (χ4n) is 3.49. The lowest BCUT2D eigenvalue weighted by molar-refractivity contribution is -0.140. The summed E-state index contributed by atoms with van der Waals surface area (Å²) < 4.78 is 0. The summed E-state index contributed by atoms with van der Waals surface area (Å²) in [5.74, 6) is -0.851. The molecule has 1 aliphatic heterocycles. The van der Waals surface area contributed by atoms with Gasteiger partial charge < -0.3 is 4.90 Å². The molecule has 0 radical (unpaired) electrons. The van der Waals surface area contributed by atoms with Crippen LogP contribution in [0.2, 0.25) is 5.02 Å². The number of rotatable bonds is 5. The molecular weight excluding hydrogens is 340 g/mol. The standard InChI is InChI=1S/C19H21ClN2O3/c1-21(12-13-5-4-6-14(20)11-13)17(23)9-10-22-18(24)15-7-2-3-8-16(15)19(22)25/h2-6,11,15-16H,7-10,12H2,1H3. The lowest BCUT2D eigenvalue weighted by Crippen LogP contribution is -2.36. The Morgan fingerprint density at radius 3 is 2.44 bits per heavy atom. The highest BCUT2D eigenvalue weighted by Gasteiger charge is 2.46. The fraction of sp³-hybridized carbons (Fsp3) is 0.421. The highest BCUT2D eigenvalue weighted by Crippen LogP contribution is 2.35. The summed E-state index contributed by atoms with van der Waals surface area (Å²) in [5.41, 5.74) is 0.939. The molecule has 0 saturated carbocycles. The predicted molar refractivity (Wildman–Crippen MR) is 94.6 cm³/mol. The van der Waals surface area contributed by atoms with Crippen LogP contribution >= 0.6 is 11.6 Å². The van der Waals surface area contributed by atoms with Crippen molar-refractivity contribution in [1.82, 2.24) is 9.80 Å². The van der Waals surface area contributed by atoms with Crippen LogP contribution in [0.25, 0.3) is 0 Å². The predicted octanol–water partition coefficient (Wildman–Crippen LogP) is 2.64. The van der Waals surface area contributed by atoms with Crippen molar-refractivity contribution in [3.63, 3.8) is 0 Å². The van der Waals surface area contributed by atoms with E-state index in [4.69, 9.17) is 11.6 Å². The number of benzene rings is 1. The first kappa shape index (κ1) is 17.7. The zero-order valence-electron chi connectivity index (χ0n) is 14.2. The molecule has 2 atom stereocenters. The van der Waals surface area contributed by atoms with Gasteiger partial charge in [0, 0.05) is 31.6 Å². The van der Waals surface area contributed by atoms with Crippen molar-refractivity contribution < 1.29 is 14.4 Å². The van der Waals surface area contributed by atoms with Gasteiger partial charge in [0.15, 0.2) is 0 Å². The molecule has 5 nitrogen and oxygen atoms in total. The third-order valence-electron chi connectivity index (χ3n) is 4.88. The monoisotopic (exact) mass is 360 g/mol. The molecule has 2 unspecified atom stereocenters. The Morgan fingerprint density at radius 2 is 1.84 bits per heavy atom. The number of nitrogens with zero attached hydrogens (tertiary/aromatic N) is 2. The topological polar surface area (TPSA) is 57.7 Å². The van der Waals surface area contributed by atoms with Gasteiger partial charge in [-0.05, 0) is 30.5 Å². The van der Waals surface area contributed by atoms with Gasteiger partial charge in [0.05, 0.1) is 11.8 Å². The van der Waals surface area contributed by atoms with Crippen molar-refractivity contribution in [2.45, 2.75) is 25.8 Å². The number of carbonyl (C=O) groups excluding carboxylic acids is 3. The maximum Gasteiger partial charge on any atom is 0.233 e. The molecule has 132 valence electrons. The van der Waals surface area contributed by atoms with Crippen LogP contribution in [0.3, 0.4) is 0 Å². The van der Waals surface area contributed by atoms with E-state index in [9.17, 15) is 14.4 Å². The van der Waals surface area contributed by atoms with Crippen LogP contribution in [0, 0.1) is 11.8 Å². The normalized spacial score (nSPS) is 22.2. The van der Waals surface area contributed by atoms with E-state index in [0.29, 0.717) is 24.4 Å². The third kappa shape index (κ3) is 3.76. The highest BCUT2D eigenvalue weighted by atomic mass is 35.5. The average molecular weight is 361 g/mol. The number of amides is 3. The Bertz CT molecular complexity index is 705. The Morgan fingerprint density at radius 1 is 1.20 bits per heavy atom. The Balaban J connectivity index is 1.55. The molecule has 6 heteroatoms. The maximum absolute atomic E-state index is 12.4. The van der Waals surface area contributed by atoms with E-state index in [0.717, 1.165) is 5.56 Å². The van der Waals surface area contributed by atoms with Gasteiger partial charge >= 0.3 is 0 Å². The molecule has 25 heavy (non-hydrogen) atoms. The number of carbonyl (C=O) groups is 3. The molecule has 0 aromatic heterocycles. The molecule has 0 bridgehead atoms. The van der Waals surface area contributed by atoms with E-state index in [1.165, 1.54) is 4.90 Å². The number of fused-ring (bicyclic) bond motifs is 1. The molecule has 1 aromatic carbocycles. The lowest BCUT2D eigenvalue weighted by atomic mass is 9.85. The van der Waals surface area contributed by atoms with E-state index in [1.54, 1.807) is 18.0 Å². The molecule has 3 rings (SSSR count). The van der Waals surface area contributed by atoms with Crippen molar-refractivity contribution in [3.8, 4) is 0 Å². The molecule has 1 aromatic rings. The first-order valence-electron chi connectivity index (χ1n) is 8.46. The summed E-state index contributed by atoms with van der Waals surface area (Å²) in [6.45, 7) is 0.597. The Kier molecular flexibility index (Phi) is 5.23. The van der Waals surface area contributed by atoms with Crippen LogP contribution in [0.15, 0.2) is 36.4 Å². The lowest BCUT2D eigenvalue weighted by Gasteiger charge is -2.20. The van der Waals surface area contributed by atoms with Gasteiger partial charge in [-0.2, -0.15) is 0 Å². The van der Waals surface area contributed by atoms with Gasteiger partial charge in [-0.25, -0.2) is 0 Å². The second kappa shape index (κ2) is 7.40. The molecule has 0 spiro atoms. The Labute approximate surface area is 152 Å². The van der Waals surface area contributed by atoms with E-state index in [1.807, 2.05) is 30.4 Å². The van der Waals surface area contributed by atoms with E-state index in [-0.39, 0.29) is 42.5 Å². The van der Waals surface area contributed by atoms with E-state index in [2.05, 4.69) is 0 Å². The van der Waals surface area contributed by atoms with Crippen LogP contribution in [-0.2, 0) is 20.9 Å².